The third kappa shape index (κ3) is 2.24. The zero-order valence-corrected chi connectivity index (χ0v) is 10.8. The van der Waals surface area contributed by atoms with E-state index >= 15 is 0 Å². The molecule has 2 nitrogen and oxygen atoms in total. The number of amides is 1. The first-order valence-electron chi connectivity index (χ1n) is 5.54. The molecule has 1 aromatic carbocycles. The normalized spacial score (nSPS) is 12.4. The summed E-state index contributed by atoms with van der Waals surface area (Å²) in [5.74, 6) is -0.130. The minimum Gasteiger partial charge on any atom is -0.345 e. The Morgan fingerprint density at radius 3 is 2.82 bits per heavy atom. The van der Waals surface area contributed by atoms with Gasteiger partial charge in [0.1, 0.15) is 0 Å². The van der Waals surface area contributed by atoms with Gasteiger partial charge in [-0.2, -0.15) is 0 Å². The monoisotopic (exact) mass is 245 g/mol. The fraction of sp³-hybridized carbons (Fsp3) is 0.214. The Hall–Kier alpha value is -1.61. The van der Waals surface area contributed by atoms with Gasteiger partial charge < -0.3 is 5.32 Å². The lowest BCUT2D eigenvalue weighted by atomic mass is 10.1. The van der Waals surface area contributed by atoms with Crippen LogP contribution in [-0.2, 0) is 4.79 Å². The van der Waals surface area contributed by atoms with Crippen LogP contribution in [0.1, 0.15) is 23.4 Å². The van der Waals surface area contributed by atoms with Gasteiger partial charge in [0.05, 0.1) is 6.04 Å². The number of thiophene rings is 1. The Morgan fingerprint density at radius 2 is 2.18 bits per heavy atom. The second-order valence-electron chi connectivity index (χ2n) is 4.02. The van der Waals surface area contributed by atoms with Crippen molar-refractivity contribution >= 4 is 27.3 Å². The number of nitrogens with one attached hydrogen (secondary N) is 1. The molecule has 1 aromatic heterocycles. The van der Waals surface area contributed by atoms with E-state index < -0.39 is 0 Å². The van der Waals surface area contributed by atoms with Gasteiger partial charge >= 0.3 is 0 Å². The molecule has 0 fully saturated rings. The van der Waals surface area contributed by atoms with Gasteiger partial charge in [0.15, 0.2) is 0 Å². The summed E-state index contributed by atoms with van der Waals surface area (Å²) in [6, 6.07) is 8.33. The van der Waals surface area contributed by atoms with Gasteiger partial charge in [0, 0.05) is 9.58 Å². The summed E-state index contributed by atoms with van der Waals surface area (Å²) in [7, 11) is 0. The number of aryl methyl sites for hydroxylation is 1. The number of hydrogen-bond acceptors (Lipinski definition) is 2. The highest BCUT2D eigenvalue weighted by molar-refractivity contribution is 7.19. The predicted molar refractivity (Wildman–Crippen MR) is 73.3 cm³/mol. The molecule has 2 rings (SSSR count). The average molecular weight is 245 g/mol. The summed E-state index contributed by atoms with van der Waals surface area (Å²) < 4.78 is 1.26. The highest BCUT2D eigenvalue weighted by atomic mass is 32.1. The van der Waals surface area contributed by atoms with E-state index in [1.807, 2.05) is 19.1 Å². The molecule has 3 heteroatoms. The van der Waals surface area contributed by atoms with Crippen molar-refractivity contribution in [1.29, 1.82) is 0 Å². The van der Waals surface area contributed by atoms with Crippen LogP contribution in [0.4, 0.5) is 0 Å². The van der Waals surface area contributed by atoms with Crippen LogP contribution < -0.4 is 5.32 Å². The minimum atomic E-state index is -0.130. The molecule has 1 atom stereocenters. The molecule has 0 saturated heterocycles. The molecule has 17 heavy (non-hydrogen) atoms. The van der Waals surface area contributed by atoms with Crippen molar-refractivity contribution in [3.8, 4) is 0 Å². The quantitative estimate of drug-likeness (QED) is 0.823. The second kappa shape index (κ2) is 4.72. The summed E-state index contributed by atoms with van der Waals surface area (Å²) >= 11 is 1.74. The smallest absolute Gasteiger partial charge is 0.243 e. The van der Waals surface area contributed by atoms with Crippen LogP contribution >= 0.6 is 11.3 Å². The van der Waals surface area contributed by atoms with E-state index in [4.69, 9.17) is 0 Å². The van der Waals surface area contributed by atoms with Crippen molar-refractivity contribution in [3.63, 3.8) is 0 Å². The van der Waals surface area contributed by atoms with Gasteiger partial charge in [-0.3, -0.25) is 4.79 Å². The Bertz CT molecular complexity index is 571. The summed E-state index contributed by atoms with van der Waals surface area (Å²) in [5, 5.41) is 4.17. The first kappa shape index (κ1) is 11.9. The SMILES string of the molecule is C=CC(=O)N[C@@H](C)c1sc2ccccc2c1C. The standard InChI is InChI=1S/C14H15NOS/c1-4-13(16)15-10(3)14-9(2)11-7-5-6-8-12(11)17-14/h4-8,10H,1H2,2-3H3,(H,15,16)/t10-/m0/s1. The van der Waals surface area contributed by atoms with Gasteiger partial charge in [-0.25, -0.2) is 0 Å². The molecule has 0 aliphatic rings. The van der Waals surface area contributed by atoms with Crippen LogP contribution in [0.5, 0.6) is 0 Å². The Labute approximate surface area is 105 Å². The molecule has 0 unspecified atom stereocenters. The minimum absolute atomic E-state index is 0.0258. The number of rotatable bonds is 3. The van der Waals surface area contributed by atoms with Crippen molar-refractivity contribution in [3.05, 3.63) is 47.4 Å². The molecule has 88 valence electrons. The third-order valence-electron chi connectivity index (χ3n) is 2.82. The van der Waals surface area contributed by atoms with Gasteiger partial charge in [0.25, 0.3) is 0 Å². The van der Waals surface area contributed by atoms with Gasteiger partial charge in [-0.1, -0.05) is 24.8 Å². The molecule has 0 saturated carbocycles. The molecule has 0 spiro atoms. The van der Waals surface area contributed by atoms with Crippen molar-refractivity contribution in [2.24, 2.45) is 0 Å². The Kier molecular flexibility index (Phi) is 3.29. The molecule has 2 aromatic rings. The molecule has 0 aliphatic heterocycles. The zero-order valence-electron chi connectivity index (χ0n) is 9.99. The first-order valence-corrected chi connectivity index (χ1v) is 6.36. The third-order valence-corrected chi connectivity index (χ3v) is 4.27. The van der Waals surface area contributed by atoms with E-state index in [1.165, 1.54) is 26.6 Å². The molecule has 0 bridgehead atoms. The van der Waals surface area contributed by atoms with Crippen molar-refractivity contribution in [2.45, 2.75) is 19.9 Å². The predicted octanol–water partition coefficient (Wildman–Crippen LogP) is 3.57. The van der Waals surface area contributed by atoms with Crippen molar-refractivity contribution in [2.75, 3.05) is 0 Å². The summed E-state index contributed by atoms with van der Waals surface area (Å²) in [5.41, 5.74) is 1.25. The number of hydrogen-bond donors (Lipinski definition) is 1. The highest BCUT2D eigenvalue weighted by Crippen LogP contribution is 2.34. The van der Waals surface area contributed by atoms with Crippen LogP contribution in [0.15, 0.2) is 36.9 Å². The van der Waals surface area contributed by atoms with Crippen LogP contribution in [0.3, 0.4) is 0 Å². The molecule has 0 aliphatic carbocycles. The fourth-order valence-corrected chi connectivity index (χ4v) is 3.16. The zero-order chi connectivity index (χ0) is 12.4. The molecule has 1 heterocycles. The number of carbonyl (C=O) groups excluding carboxylic acids is 1. The number of carbonyl (C=O) groups is 1. The summed E-state index contributed by atoms with van der Waals surface area (Å²) in [4.78, 5) is 12.5. The van der Waals surface area contributed by atoms with E-state index in [0.29, 0.717) is 0 Å². The van der Waals surface area contributed by atoms with Crippen LogP contribution in [-0.4, -0.2) is 5.91 Å². The van der Waals surface area contributed by atoms with Crippen molar-refractivity contribution in [1.82, 2.24) is 5.32 Å². The van der Waals surface area contributed by atoms with Crippen molar-refractivity contribution < 1.29 is 4.79 Å². The van der Waals surface area contributed by atoms with E-state index in [2.05, 4.69) is 31.0 Å². The Morgan fingerprint density at radius 1 is 1.47 bits per heavy atom. The molecular formula is C14H15NOS. The lowest BCUT2D eigenvalue weighted by Gasteiger charge is -2.11. The first-order chi connectivity index (χ1) is 8.13. The molecule has 0 radical (unpaired) electrons. The van der Waals surface area contributed by atoms with Crippen LogP contribution in [0.25, 0.3) is 10.1 Å². The van der Waals surface area contributed by atoms with E-state index in [-0.39, 0.29) is 11.9 Å². The van der Waals surface area contributed by atoms with E-state index in [1.54, 1.807) is 11.3 Å². The maximum Gasteiger partial charge on any atom is 0.243 e. The van der Waals surface area contributed by atoms with Gasteiger partial charge in [0.2, 0.25) is 5.91 Å². The second-order valence-corrected chi connectivity index (χ2v) is 5.11. The maximum atomic E-state index is 11.3. The maximum absolute atomic E-state index is 11.3. The van der Waals surface area contributed by atoms with E-state index in [9.17, 15) is 4.79 Å². The topological polar surface area (TPSA) is 29.1 Å². The molecule has 1 amide bonds. The number of fused-ring (bicyclic) bond motifs is 1. The van der Waals surface area contributed by atoms with Gasteiger partial charge in [-0.15, -0.1) is 11.3 Å². The van der Waals surface area contributed by atoms with Gasteiger partial charge in [-0.05, 0) is 36.9 Å². The Balaban J connectivity index is 2.38. The summed E-state index contributed by atoms with van der Waals surface area (Å²) in [6.07, 6.45) is 1.30. The average Bonchev–Trinajstić information content (AvgIpc) is 2.67. The van der Waals surface area contributed by atoms with E-state index in [0.717, 1.165) is 0 Å². The fourth-order valence-electron chi connectivity index (χ4n) is 1.94. The molecular weight excluding hydrogens is 230 g/mol. The highest BCUT2D eigenvalue weighted by Gasteiger charge is 2.14. The lowest BCUT2D eigenvalue weighted by Crippen LogP contribution is -2.24. The van der Waals surface area contributed by atoms with Crippen LogP contribution in [0.2, 0.25) is 0 Å². The lowest BCUT2D eigenvalue weighted by molar-refractivity contribution is -0.117. The largest absolute Gasteiger partial charge is 0.345 e. The molecule has 1 N–H and O–H groups in total. The summed E-state index contributed by atoms with van der Waals surface area (Å²) in [6.45, 7) is 7.56. The van der Waals surface area contributed by atoms with Crippen LogP contribution in [0, 0.1) is 6.92 Å². The number of benzene rings is 1.